The van der Waals surface area contributed by atoms with Crippen molar-refractivity contribution >= 4 is 27.5 Å². The van der Waals surface area contributed by atoms with Gasteiger partial charge in [0.2, 0.25) is 0 Å². The fraction of sp³-hybridized carbons (Fsp3) is 0.667. The summed E-state index contributed by atoms with van der Waals surface area (Å²) in [5, 5.41) is 11.2. The molecular formula is C18H30F3NO3SSi. The van der Waals surface area contributed by atoms with Crippen LogP contribution >= 0.6 is 13.5 Å². The predicted molar refractivity (Wildman–Crippen MR) is 109 cm³/mol. The molecule has 1 atom stereocenters. The number of hydrogen-bond donors (Lipinski definition) is 0. The summed E-state index contributed by atoms with van der Waals surface area (Å²) in [6.45, 7) is 12.9. The van der Waals surface area contributed by atoms with E-state index in [-0.39, 0.29) is 36.4 Å². The molecule has 4 nitrogen and oxygen atoms in total. The molecule has 0 aliphatic heterocycles. The normalized spacial score (nSPS) is 13.8. The van der Waals surface area contributed by atoms with E-state index in [1.807, 2.05) is 6.92 Å². The Hall–Kier alpha value is -1.06. The molecule has 1 rings (SSSR count). The Kier molecular flexibility index (Phi) is 9.05. The van der Waals surface area contributed by atoms with E-state index >= 15 is 0 Å². The van der Waals surface area contributed by atoms with Gasteiger partial charge in [0.15, 0.2) is 8.32 Å². The van der Waals surface area contributed by atoms with E-state index in [0.29, 0.717) is 13.0 Å². The first kappa shape index (κ1) is 25.9. The van der Waals surface area contributed by atoms with Gasteiger partial charge in [-0.2, -0.15) is 26.7 Å². The molecule has 0 spiro atoms. The van der Waals surface area contributed by atoms with Gasteiger partial charge in [0.05, 0.1) is 10.5 Å². The van der Waals surface area contributed by atoms with E-state index in [4.69, 9.17) is 4.43 Å². The third-order valence-corrected chi connectivity index (χ3v) is 9.58. The highest BCUT2D eigenvalue weighted by molar-refractivity contribution is 7.59. The average Bonchev–Trinajstić information content (AvgIpc) is 2.48. The van der Waals surface area contributed by atoms with E-state index in [1.165, 1.54) is 0 Å². The molecule has 9 heteroatoms. The fourth-order valence-electron chi connectivity index (χ4n) is 2.32. The zero-order chi connectivity index (χ0) is 20.3. The summed E-state index contributed by atoms with van der Waals surface area (Å²) in [7, 11) is -1.93. The van der Waals surface area contributed by atoms with Crippen LogP contribution in [0.25, 0.3) is 0 Å². The van der Waals surface area contributed by atoms with Gasteiger partial charge >= 0.3 is 6.18 Å². The van der Waals surface area contributed by atoms with Gasteiger partial charge in [0.25, 0.3) is 5.69 Å². The smallest absolute Gasteiger partial charge is 0.416 e. The van der Waals surface area contributed by atoms with Crippen molar-refractivity contribution in [1.29, 1.82) is 0 Å². The maximum absolute atomic E-state index is 13.2. The van der Waals surface area contributed by atoms with E-state index in [2.05, 4.69) is 33.9 Å². The molecular weight excluding hydrogens is 395 g/mol. The highest BCUT2D eigenvalue weighted by atomic mass is 32.1. The third-order valence-electron chi connectivity index (χ3n) is 5.08. The summed E-state index contributed by atoms with van der Waals surface area (Å²) in [5.41, 5.74) is -1.65. The zero-order valence-corrected chi connectivity index (χ0v) is 18.7. The number of hydrogen-bond acceptors (Lipinski definition) is 3. The second-order valence-corrected chi connectivity index (χ2v) is 13.1. The average molecular weight is 426 g/mol. The van der Waals surface area contributed by atoms with Gasteiger partial charge in [-0.25, -0.2) is 0 Å². The number of alkyl halides is 3. The molecule has 0 aromatic heterocycles. The van der Waals surface area contributed by atoms with E-state index in [9.17, 15) is 23.3 Å². The predicted octanol–water partition coefficient (Wildman–Crippen LogP) is 6.32. The van der Waals surface area contributed by atoms with Crippen LogP contribution in [0.5, 0.6) is 0 Å². The second kappa shape index (κ2) is 9.42. The van der Waals surface area contributed by atoms with Gasteiger partial charge in [-0.1, -0.05) is 33.8 Å². The molecule has 0 saturated carbocycles. The van der Waals surface area contributed by atoms with Crippen LogP contribution in [0.1, 0.15) is 45.2 Å². The Balaban J connectivity index is 0.00000676. The van der Waals surface area contributed by atoms with Crippen molar-refractivity contribution in [3.05, 3.63) is 39.4 Å². The molecule has 0 aliphatic rings. The summed E-state index contributed by atoms with van der Waals surface area (Å²) in [6.07, 6.45) is -4.22. The molecule has 0 saturated heterocycles. The molecule has 0 bridgehead atoms. The minimum Gasteiger partial charge on any atom is -0.417 e. The van der Waals surface area contributed by atoms with Crippen molar-refractivity contribution in [2.24, 2.45) is 5.92 Å². The summed E-state index contributed by atoms with van der Waals surface area (Å²) in [4.78, 5) is 10.4. The van der Waals surface area contributed by atoms with Crippen LogP contribution in [0, 0.1) is 16.0 Å². The van der Waals surface area contributed by atoms with E-state index in [1.54, 1.807) is 0 Å². The first-order valence-corrected chi connectivity index (χ1v) is 11.5. The monoisotopic (exact) mass is 425 g/mol. The molecule has 0 N–H and O–H groups in total. The van der Waals surface area contributed by atoms with Crippen LogP contribution in [-0.2, 0) is 17.0 Å². The lowest BCUT2D eigenvalue weighted by atomic mass is 9.96. The number of rotatable bonds is 7. The number of benzene rings is 1. The number of halogens is 3. The molecule has 1 unspecified atom stereocenters. The Morgan fingerprint density at radius 1 is 1.22 bits per heavy atom. The van der Waals surface area contributed by atoms with Crippen molar-refractivity contribution in [1.82, 2.24) is 0 Å². The Morgan fingerprint density at radius 2 is 1.78 bits per heavy atom. The standard InChI is InChI=1S/C18H28F3NO3Si.H2S/c1-13(12-25-26(5,6)17(2,3)4)10-11-14-15(18(19,20)21)8-7-9-16(14)22(23)24;/h7-9,13H,10-12H2,1-6H3;1H2. The van der Waals surface area contributed by atoms with Gasteiger partial charge in [-0.3, -0.25) is 10.1 Å². The van der Waals surface area contributed by atoms with Crippen LogP contribution in [0.2, 0.25) is 18.1 Å². The zero-order valence-electron chi connectivity index (χ0n) is 16.7. The second-order valence-electron chi connectivity index (χ2n) is 8.27. The van der Waals surface area contributed by atoms with Crippen LogP contribution in [0.15, 0.2) is 18.2 Å². The minimum absolute atomic E-state index is 0. The first-order valence-electron chi connectivity index (χ1n) is 8.64. The molecule has 0 heterocycles. The molecule has 0 amide bonds. The lowest BCUT2D eigenvalue weighted by Crippen LogP contribution is -2.41. The lowest BCUT2D eigenvalue weighted by Gasteiger charge is -2.37. The van der Waals surface area contributed by atoms with Crippen molar-refractivity contribution < 1.29 is 22.5 Å². The number of nitro benzene ring substituents is 1. The molecule has 27 heavy (non-hydrogen) atoms. The molecule has 1 aromatic rings. The Labute approximate surface area is 167 Å². The largest absolute Gasteiger partial charge is 0.417 e. The highest BCUT2D eigenvalue weighted by Crippen LogP contribution is 2.38. The van der Waals surface area contributed by atoms with E-state index in [0.717, 1.165) is 18.2 Å². The van der Waals surface area contributed by atoms with Gasteiger partial charge in [-0.05, 0) is 43.0 Å². The number of nitrogens with zero attached hydrogens (tertiary/aromatic N) is 1. The van der Waals surface area contributed by atoms with Crippen molar-refractivity contribution in [2.75, 3.05) is 6.61 Å². The van der Waals surface area contributed by atoms with Crippen LogP contribution in [-0.4, -0.2) is 19.8 Å². The van der Waals surface area contributed by atoms with Gasteiger partial charge in [0.1, 0.15) is 0 Å². The first-order chi connectivity index (χ1) is 11.7. The fourth-order valence-corrected chi connectivity index (χ4v) is 3.45. The third kappa shape index (κ3) is 7.12. The summed E-state index contributed by atoms with van der Waals surface area (Å²) < 4.78 is 45.7. The summed E-state index contributed by atoms with van der Waals surface area (Å²) in [5.74, 6) is 0.00465. The van der Waals surface area contributed by atoms with Crippen molar-refractivity contribution in [2.45, 2.75) is 64.8 Å². The quantitative estimate of drug-likeness (QED) is 0.292. The molecule has 0 aliphatic carbocycles. The van der Waals surface area contributed by atoms with Gasteiger partial charge in [-0.15, -0.1) is 0 Å². The van der Waals surface area contributed by atoms with Gasteiger partial charge < -0.3 is 4.43 Å². The SMILES string of the molecule is CC(CCc1c([N+](=O)[O-])cccc1C(F)(F)F)CO[Si](C)(C)C(C)(C)C.S. The van der Waals surface area contributed by atoms with Crippen LogP contribution in [0.4, 0.5) is 18.9 Å². The molecule has 0 fully saturated rings. The number of nitro groups is 1. The van der Waals surface area contributed by atoms with Crippen molar-refractivity contribution in [3.63, 3.8) is 0 Å². The molecule has 0 radical (unpaired) electrons. The Morgan fingerprint density at radius 3 is 2.22 bits per heavy atom. The lowest BCUT2D eigenvalue weighted by molar-refractivity contribution is -0.385. The van der Waals surface area contributed by atoms with Crippen LogP contribution in [0.3, 0.4) is 0 Å². The summed E-state index contributed by atoms with van der Waals surface area (Å²) >= 11 is 0. The van der Waals surface area contributed by atoms with Crippen LogP contribution < -0.4 is 0 Å². The maximum atomic E-state index is 13.2. The Bertz CT molecular complexity index is 646. The molecule has 156 valence electrons. The highest BCUT2D eigenvalue weighted by Gasteiger charge is 2.38. The minimum atomic E-state index is -4.61. The maximum Gasteiger partial charge on any atom is 0.416 e. The topological polar surface area (TPSA) is 52.4 Å². The molecule has 1 aromatic carbocycles. The van der Waals surface area contributed by atoms with E-state index < -0.39 is 30.7 Å². The van der Waals surface area contributed by atoms with Crippen molar-refractivity contribution in [3.8, 4) is 0 Å². The summed E-state index contributed by atoms with van der Waals surface area (Å²) in [6, 6.07) is 3.11. The van der Waals surface area contributed by atoms with Gasteiger partial charge in [0, 0.05) is 18.2 Å².